The molecule has 0 radical (unpaired) electrons. The molecule has 14 heavy (non-hydrogen) atoms. The fourth-order valence-corrected chi connectivity index (χ4v) is 1.67. The van der Waals surface area contributed by atoms with Crippen LogP contribution in [0.4, 0.5) is 0 Å². The molecule has 1 aromatic heterocycles. The van der Waals surface area contributed by atoms with Crippen molar-refractivity contribution in [2.45, 2.75) is 5.88 Å². The van der Waals surface area contributed by atoms with Crippen LogP contribution in [0.2, 0.25) is 0 Å². The molecule has 3 heteroatoms. The summed E-state index contributed by atoms with van der Waals surface area (Å²) >= 11 is 5.79. The highest BCUT2D eigenvalue weighted by Gasteiger charge is 2.01. The quantitative estimate of drug-likeness (QED) is 0.707. The second-order valence-corrected chi connectivity index (χ2v) is 3.25. The molecule has 0 spiro atoms. The molecule has 0 fully saturated rings. The van der Waals surface area contributed by atoms with Gasteiger partial charge in [-0.15, -0.1) is 11.6 Å². The Hall–Kier alpha value is -1.28. The summed E-state index contributed by atoms with van der Waals surface area (Å²) < 4.78 is 5.14. The highest BCUT2D eigenvalue weighted by Crippen LogP contribution is 2.23. The molecule has 2 aromatic rings. The molecule has 1 aromatic carbocycles. The first-order chi connectivity index (χ1) is 6.85. The average Bonchev–Trinajstić information content (AvgIpc) is 2.27. The summed E-state index contributed by atoms with van der Waals surface area (Å²) in [6.45, 7) is 0. The van der Waals surface area contributed by atoms with Crippen molar-refractivity contribution in [2.75, 3.05) is 7.11 Å². The second kappa shape index (κ2) is 3.84. The molecular formula is C11H10ClNO. The van der Waals surface area contributed by atoms with Crippen LogP contribution < -0.4 is 4.74 Å². The number of ether oxygens (including phenoxy) is 1. The predicted molar refractivity (Wildman–Crippen MR) is 57.9 cm³/mol. The fourth-order valence-electron chi connectivity index (χ4n) is 1.45. The van der Waals surface area contributed by atoms with Gasteiger partial charge >= 0.3 is 0 Å². The number of hydrogen-bond acceptors (Lipinski definition) is 2. The number of halogens is 1. The number of fused-ring (bicyclic) bond motifs is 1. The molecule has 2 nitrogen and oxygen atoms in total. The maximum absolute atomic E-state index is 5.79. The van der Waals surface area contributed by atoms with Gasteiger partial charge in [0.25, 0.3) is 0 Å². The van der Waals surface area contributed by atoms with E-state index in [0.29, 0.717) is 5.88 Å². The van der Waals surface area contributed by atoms with Gasteiger partial charge in [0.05, 0.1) is 18.7 Å². The molecule has 72 valence electrons. The molecule has 0 amide bonds. The van der Waals surface area contributed by atoms with Gasteiger partial charge in [-0.2, -0.15) is 0 Å². The summed E-state index contributed by atoms with van der Waals surface area (Å²) in [7, 11) is 1.66. The highest BCUT2D eigenvalue weighted by molar-refractivity contribution is 6.17. The molecule has 0 N–H and O–H groups in total. The third-order valence-corrected chi connectivity index (χ3v) is 2.43. The lowest BCUT2D eigenvalue weighted by Gasteiger charge is -2.04. The minimum absolute atomic E-state index is 0.434. The van der Waals surface area contributed by atoms with E-state index in [1.807, 2.05) is 24.3 Å². The Morgan fingerprint density at radius 3 is 2.93 bits per heavy atom. The molecule has 0 saturated heterocycles. The first-order valence-corrected chi connectivity index (χ1v) is 4.86. The Bertz CT molecular complexity index is 456. The van der Waals surface area contributed by atoms with Crippen molar-refractivity contribution in [1.82, 2.24) is 4.98 Å². The van der Waals surface area contributed by atoms with Gasteiger partial charge in [0.15, 0.2) is 0 Å². The largest absolute Gasteiger partial charge is 0.497 e. The van der Waals surface area contributed by atoms with Crippen LogP contribution in [0.3, 0.4) is 0 Å². The minimum Gasteiger partial charge on any atom is -0.497 e. The van der Waals surface area contributed by atoms with E-state index in [0.717, 1.165) is 22.2 Å². The van der Waals surface area contributed by atoms with Gasteiger partial charge in [-0.05, 0) is 29.7 Å². The lowest BCUT2D eigenvalue weighted by molar-refractivity contribution is 0.415. The second-order valence-electron chi connectivity index (χ2n) is 2.98. The number of pyridine rings is 1. The maximum Gasteiger partial charge on any atom is 0.119 e. The van der Waals surface area contributed by atoms with E-state index in [4.69, 9.17) is 16.3 Å². The van der Waals surface area contributed by atoms with Crippen LogP contribution in [-0.4, -0.2) is 12.1 Å². The van der Waals surface area contributed by atoms with Crippen molar-refractivity contribution in [2.24, 2.45) is 0 Å². The number of hydrogen-bond donors (Lipinski definition) is 0. The lowest BCUT2D eigenvalue weighted by atomic mass is 10.1. The smallest absolute Gasteiger partial charge is 0.119 e. The molecule has 0 aliphatic carbocycles. The topological polar surface area (TPSA) is 22.1 Å². The van der Waals surface area contributed by atoms with Crippen molar-refractivity contribution in [3.05, 3.63) is 36.2 Å². The standard InChI is InChI=1S/C11H10ClNO/c1-14-9-2-3-10-8(6-9)4-5-13-11(10)7-12/h2-6H,7H2,1H3. The van der Waals surface area contributed by atoms with Crippen molar-refractivity contribution in [3.8, 4) is 5.75 Å². The monoisotopic (exact) mass is 207 g/mol. The summed E-state index contributed by atoms with van der Waals surface area (Å²) in [5.74, 6) is 1.29. The molecule has 0 unspecified atom stereocenters. The molecule has 0 atom stereocenters. The molecule has 0 aliphatic rings. The highest BCUT2D eigenvalue weighted by atomic mass is 35.5. The number of nitrogens with zero attached hydrogens (tertiary/aromatic N) is 1. The SMILES string of the molecule is COc1ccc2c(CCl)nccc2c1. The normalized spacial score (nSPS) is 10.4. The Kier molecular flexibility index (Phi) is 2.55. The van der Waals surface area contributed by atoms with Gasteiger partial charge < -0.3 is 4.74 Å². The Morgan fingerprint density at radius 1 is 1.36 bits per heavy atom. The third kappa shape index (κ3) is 1.53. The van der Waals surface area contributed by atoms with Gasteiger partial charge in [0.2, 0.25) is 0 Å². The van der Waals surface area contributed by atoms with Crippen LogP contribution in [0.25, 0.3) is 10.8 Å². The van der Waals surface area contributed by atoms with Crippen LogP contribution in [0.15, 0.2) is 30.5 Å². The zero-order valence-corrected chi connectivity index (χ0v) is 8.58. The first kappa shape index (κ1) is 9.28. The van der Waals surface area contributed by atoms with Gasteiger partial charge in [-0.25, -0.2) is 0 Å². The zero-order chi connectivity index (χ0) is 9.97. The Labute approximate surface area is 87.5 Å². The summed E-state index contributed by atoms with van der Waals surface area (Å²) in [4.78, 5) is 4.21. The fraction of sp³-hybridized carbons (Fsp3) is 0.182. The van der Waals surface area contributed by atoms with Crippen LogP contribution in [0.1, 0.15) is 5.69 Å². The van der Waals surface area contributed by atoms with Crippen molar-refractivity contribution < 1.29 is 4.74 Å². The number of benzene rings is 1. The number of aromatic nitrogens is 1. The minimum atomic E-state index is 0.434. The average molecular weight is 208 g/mol. The molecule has 0 saturated carbocycles. The molecule has 2 rings (SSSR count). The van der Waals surface area contributed by atoms with E-state index in [2.05, 4.69) is 4.98 Å². The zero-order valence-electron chi connectivity index (χ0n) is 7.83. The van der Waals surface area contributed by atoms with E-state index >= 15 is 0 Å². The van der Waals surface area contributed by atoms with Crippen LogP contribution in [0.5, 0.6) is 5.75 Å². The van der Waals surface area contributed by atoms with Crippen LogP contribution in [-0.2, 0) is 5.88 Å². The maximum atomic E-state index is 5.79. The Morgan fingerprint density at radius 2 is 2.21 bits per heavy atom. The summed E-state index contributed by atoms with van der Waals surface area (Å²) in [6.07, 6.45) is 1.76. The summed E-state index contributed by atoms with van der Waals surface area (Å²) in [5, 5.41) is 2.19. The van der Waals surface area contributed by atoms with Gasteiger partial charge in [0, 0.05) is 11.6 Å². The number of alkyl halides is 1. The molecule has 1 heterocycles. The number of rotatable bonds is 2. The van der Waals surface area contributed by atoms with Gasteiger partial charge in [0.1, 0.15) is 5.75 Å². The Balaban J connectivity index is 2.67. The molecule has 0 aliphatic heterocycles. The summed E-state index contributed by atoms with van der Waals surface area (Å²) in [6, 6.07) is 7.83. The molecule has 0 bridgehead atoms. The molecular weight excluding hydrogens is 198 g/mol. The van der Waals surface area contributed by atoms with E-state index < -0.39 is 0 Å². The predicted octanol–water partition coefficient (Wildman–Crippen LogP) is 2.98. The van der Waals surface area contributed by atoms with Crippen molar-refractivity contribution >= 4 is 22.4 Å². The van der Waals surface area contributed by atoms with E-state index in [1.165, 1.54) is 0 Å². The van der Waals surface area contributed by atoms with Crippen LogP contribution >= 0.6 is 11.6 Å². The van der Waals surface area contributed by atoms with E-state index in [-0.39, 0.29) is 0 Å². The van der Waals surface area contributed by atoms with Crippen LogP contribution in [0, 0.1) is 0 Å². The van der Waals surface area contributed by atoms with Crippen molar-refractivity contribution in [3.63, 3.8) is 0 Å². The van der Waals surface area contributed by atoms with E-state index in [9.17, 15) is 0 Å². The first-order valence-electron chi connectivity index (χ1n) is 4.33. The van der Waals surface area contributed by atoms with E-state index in [1.54, 1.807) is 13.3 Å². The summed E-state index contributed by atoms with van der Waals surface area (Å²) in [5.41, 5.74) is 0.909. The number of methoxy groups -OCH3 is 1. The van der Waals surface area contributed by atoms with Gasteiger partial charge in [-0.3, -0.25) is 4.98 Å². The van der Waals surface area contributed by atoms with Crippen molar-refractivity contribution in [1.29, 1.82) is 0 Å². The lowest BCUT2D eigenvalue weighted by Crippen LogP contribution is -1.88. The third-order valence-electron chi connectivity index (χ3n) is 2.18. The van der Waals surface area contributed by atoms with Gasteiger partial charge in [-0.1, -0.05) is 0 Å².